The zero-order valence-corrected chi connectivity index (χ0v) is 19.7. The summed E-state index contributed by atoms with van der Waals surface area (Å²) < 4.78 is 29.4. The van der Waals surface area contributed by atoms with Crippen molar-refractivity contribution in [3.05, 3.63) is 94.8 Å². The second-order valence-corrected chi connectivity index (χ2v) is 7.83. The Kier molecular flexibility index (Phi) is 6.73. The quantitative estimate of drug-likeness (QED) is 0.238. The molecule has 0 radical (unpaired) electrons. The van der Waals surface area contributed by atoms with Crippen molar-refractivity contribution in [1.82, 2.24) is 0 Å². The van der Waals surface area contributed by atoms with Crippen LogP contribution in [0.2, 0.25) is 0 Å². The van der Waals surface area contributed by atoms with E-state index in [2.05, 4.69) is 0 Å². The summed E-state index contributed by atoms with van der Waals surface area (Å²) in [5.41, 5.74) is 0.451. The van der Waals surface area contributed by atoms with Crippen LogP contribution in [-0.2, 0) is 14.3 Å². The van der Waals surface area contributed by atoms with Gasteiger partial charge in [-0.25, -0.2) is 9.18 Å². The first kappa shape index (κ1) is 24.5. The highest BCUT2D eigenvalue weighted by molar-refractivity contribution is 6.51. The lowest BCUT2D eigenvalue weighted by atomic mass is 9.94. The molecule has 1 N–H and O–H groups in total. The number of Topliss-reactive ketones (excluding diaryl/α,β-unsaturated/α-hetero) is 1. The molecule has 1 unspecified atom stereocenters. The number of rotatable bonds is 6. The number of ether oxygens (including phenoxy) is 3. The maximum absolute atomic E-state index is 14.1. The second-order valence-electron chi connectivity index (χ2n) is 7.83. The van der Waals surface area contributed by atoms with Gasteiger partial charge in [0.2, 0.25) is 0 Å². The molecule has 1 aliphatic rings. The molecule has 0 bridgehead atoms. The van der Waals surface area contributed by atoms with Crippen molar-refractivity contribution in [3.8, 4) is 11.5 Å². The summed E-state index contributed by atoms with van der Waals surface area (Å²) in [5.74, 6) is -3.28. The molecular weight excluding hydrogens is 469 g/mol. The van der Waals surface area contributed by atoms with Crippen LogP contribution in [0.1, 0.15) is 27.5 Å². The van der Waals surface area contributed by atoms with E-state index >= 15 is 0 Å². The fraction of sp³-hybridized carbons (Fsp3) is 0.148. The number of methoxy groups -OCH3 is 3. The predicted octanol–water partition coefficient (Wildman–Crippen LogP) is 4.26. The molecule has 0 aliphatic carbocycles. The molecule has 1 amide bonds. The zero-order chi connectivity index (χ0) is 26.0. The smallest absolute Gasteiger partial charge is 0.337 e. The first-order valence-electron chi connectivity index (χ1n) is 10.8. The summed E-state index contributed by atoms with van der Waals surface area (Å²) in [4.78, 5) is 40.0. The normalized spacial score (nSPS) is 16.7. The van der Waals surface area contributed by atoms with Gasteiger partial charge in [-0.3, -0.25) is 14.5 Å². The van der Waals surface area contributed by atoms with Crippen LogP contribution in [0.4, 0.5) is 10.1 Å². The summed E-state index contributed by atoms with van der Waals surface area (Å²) in [5, 5.41) is 11.3. The number of halogens is 1. The van der Waals surface area contributed by atoms with Crippen LogP contribution in [0.5, 0.6) is 11.5 Å². The van der Waals surface area contributed by atoms with Gasteiger partial charge in [0, 0.05) is 5.69 Å². The summed E-state index contributed by atoms with van der Waals surface area (Å²) in [6.07, 6.45) is 0. The fourth-order valence-electron chi connectivity index (χ4n) is 4.14. The van der Waals surface area contributed by atoms with Gasteiger partial charge in [-0.1, -0.05) is 18.2 Å². The first-order valence-corrected chi connectivity index (χ1v) is 10.8. The number of nitrogens with zero attached hydrogens (tertiary/aromatic N) is 1. The number of hydrogen-bond acceptors (Lipinski definition) is 7. The van der Waals surface area contributed by atoms with Crippen LogP contribution < -0.4 is 14.4 Å². The molecule has 36 heavy (non-hydrogen) atoms. The number of ketones is 1. The number of aliphatic hydroxyl groups excluding tert-OH is 1. The fourth-order valence-corrected chi connectivity index (χ4v) is 4.14. The maximum atomic E-state index is 14.1. The molecule has 0 saturated carbocycles. The molecule has 3 aromatic rings. The van der Waals surface area contributed by atoms with Crippen molar-refractivity contribution in [1.29, 1.82) is 0 Å². The third-order valence-electron chi connectivity index (χ3n) is 5.82. The zero-order valence-electron chi connectivity index (χ0n) is 19.7. The Labute approximate surface area is 206 Å². The van der Waals surface area contributed by atoms with Gasteiger partial charge in [0.15, 0.2) is 0 Å². The molecule has 184 valence electrons. The largest absolute Gasteiger partial charge is 0.507 e. The number of anilines is 1. The van der Waals surface area contributed by atoms with Gasteiger partial charge in [0.1, 0.15) is 23.1 Å². The molecule has 1 heterocycles. The molecule has 0 aromatic heterocycles. The number of hydrogen-bond donors (Lipinski definition) is 1. The minimum absolute atomic E-state index is 0.0910. The van der Waals surface area contributed by atoms with E-state index in [9.17, 15) is 23.9 Å². The van der Waals surface area contributed by atoms with Crippen molar-refractivity contribution in [2.24, 2.45) is 0 Å². The third kappa shape index (κ3) is 4.26. The Hall–Kier alpha value is -4.66. The molecule has 9 heteroatoms. The van der Waals surface area contributed by atoms with Crippen LogP contribution in [0.15, 0.2) is 72.3 Å². The molecule has 1 atom stereocenters. The predicted molar refractivity (Wildman–Crippen MR) is 129 cm³/mol. The lowest BCUT2D eigenvalue weighted by Gasteiger charge is -2.26. The Morgan fingerprint density at radius 2 is 1.69 bits per heavy atom. The molecule has 4 rings (SSSR count). The molecule has 1 saturated heterocycles. The van der Waals surface area contributed by atoms with E-state index in [0.29, 0.717) is 11.3 Å². The summed E-state index contributed by atoms with van der Waals surface area (Å²) >= 11 is 0. The average Bonchev–Trinajstić information content (AvgIpc) is 3.17. The van der Waals surface area contributed by atoms with Crippen LogP contribution in [0.3, 0.4) is 0 Å². The molecule has 8 nitrogen and oxygen atoms in total. The Bertz CT molecular complexity index is 1400. The first-order chi connectivity index (χ1) is 17.3. The van der Waals surface area contributed by atoms with E-state index in [-0.39, 0.29) is 28.1 Å². The lowest BCUT2D eigenvalue weighted by molar-refractivity contribution is -0.132. The van der Waals surface area contributed by atoms with Crippen molar-refractivity contribution in [2.75, 3.05) is 26.2 Å². The van der Waals surface area contributed by atoms with E-state index in [0.717, 1.165) is 12.1 Å². The monoisotopic (exact) mass is 491 g/mol. The second kappa shape index (κ2) is 9.91. The van der Waals surface area contributed by atoms with Crippen molar-refractivity contribution in [3.63, 3.8) is 0 Å². The Morgan fingerprint density at radius 1 is 0.944 bits per heavy atom. The standard InChI is InChI=1S/C27H22FNO7/c1-34-19-9-5-6-15(13-19)23-22(24(30)20-14-17(28)10-11-21(20)35-2)25(31)26(32)29(23)18-8-4-7-16(12-18)27(33)36-3/h4-14,23,30H,1-3H3/b24-22+. The van der Waals surface area contributed by atoms with Crippen LogP contribution in [-0.4, -0.2) is 44.1 Å². The average molecular weight is 491 g/mol. The summed E-state index contributed by atoms with van der Waals surface area (Å²) in [7, 11) is 4.03. The molecule has 1 aliphatic heterocycles. The van der Waals surface area contributed by atoms with Gasteiger partial charge in [0.05, 0.1) is 44.1 Å². The van der Waals surface area contributed by atoms with Crippen molar-refractivity contribution in [2.45, 2.75) is 6.04 Å². The highest BCUT2D eigenvalue weighted by atomic mass is 19.1. The SMILES string of the molecule is COC(=O)c1cccc(N2C(=O)C(=O)/C(=C(/O)c3cc(F)ccc3OC)C2c2cccc(OC)c2)c1. The minimum atomic E-state index is -1.12. The number of aliphatic hydroxyl groups is 1. The van der Waals surface area contributed by atoms with Gasteiger partial charge >= 0.3 is 5.97 Å². The molecule has 1 fully saturated rings. The van der Waals surface area contributed by atoms with Gasteiger partial charge < -0.3 is 19.3 Å². The van der Waals surface area contributed by atoms with Crippen LogP contribution in [0.25, 0.3) is 5.76 Å². The molecule has 3 aromatic carbocycles. The van der Waals surface area contributed by atoms with Crippen LogP contribution >= 0.6 is 0 Å². The molecule has 0 spiro atoms. The summed E-state index contributed by atoms with van der Waals surface area (Å²) in [6.45, 7) is 0. The number of carbonyl (C=O) groups excluding carboxylic acids is 3. The van der Waals surface area contributed by atoms with E-state index in [4.69, 9.17) is 14.2 Å². The van der Waals surface area contributed by atoms with Gasteiger partial charge in [-0.05, 0) is 54.1 Å². The van der Waals surface area contributed by atoms with E-state index in [1.54, 1.807) is 36.4 Å². The Balaban J connectivity index is 1.99. The Morgan fingerprint density at radius 3 is 2.39 bits per heavy atom. The number of esters is 1. The van der Waals surface area contributed by atoms with E-state index in [1.165, 1.54) is 44.4 Å². The van der Waals surface area contributed by atoms with E-state index in [1.807, 2.05) is 0 Å². The van der Waals surface area contributed by atoms with Gasteiger partial charge in [0.25, 0.3) is 11.7 Å². The highest BCUT2D eigenvalue weighted by Crippen LogP contribution is 2.44. The number of carbonyl (C=O) groups is 3. The number of benzene rings is 3. The van der Waals surface area contributed by atoms with E-state index < -0.39 is 35.3 Å². The highest BCUT2D eigenvalue weighted by Gasteiger charge is 2.47. The third-order valence-corrected chi connectivity index (χ3v) is 5.82. The lowest BCUT2D eigenvalue weighted by Crippen LogP contribution is -2.29. The maximum Gasteiger partial charge on any atom is 0.337 e. The minimum Gasteiger partial charge on any atom is -0.507 e. The van der Waals surface area contributed by atoms with Crippen molar-refractivity contribution < 1.29 is 38.1 Å². The van der Waals surface area contributed by atoms with Crippen LogP contribution in [0, 0.1) is 5.82 Å². The number of amides is 1. The van der Waals surface area contributed by atoms with Gasteiger partial charge in [-0.2, -0.15) is 0 Å². The topological polar surface area (TPSA) is 102 Å². The molecular formula is C27H22FNO7. The van der Waals surface area contributed by atoms with Gasteiger partial charge in [-0.15, -0.1) is 0 Å². The van der Waals surface area contributed by atoms with Crippen molar-refractivity contribution >= 4 is 29.1 Å². The summed E-state index contributed by atoms with van der Waals surface area (Å²) in [6, 6.07) is 15.0.